The highest BCUT2D eigenvalue weighted by atomic mass is 14.4. The van der Waals surface area contributed by atoms with Gasteiger partial charge in [0.1, 0.15) is 0 Å². The van der Waals surface area contributed by atoms with Gasteiger partial charge in [-0.05, 0) is 23.2 Å². The standard InChI is InChI=1S/C14H30/c1-8-10-12(11(3)4)13(9-2)14(5,6)7/h11-13H,8-10H2,1-7H3. The fraction of sp³-hybridized carbons (Fsp3) is 1.00. The summed E-state index contributed by atoms with van der Waals surface area (Å²) in [5, 5.41) is 0. The number of hydrogen-bond acceptors (Lipinski definition) is 0. The molecule has 0 bridgehead atoms. The molecule has 0 nitrogen and oxygen atoms in total. The van der Waals surface area contributed by atoms with Gasteiger partial charge in [-0.2, -0.15) is 0 Å². The van der Waals surface area contributed by atoms with Gasteiger partial charge in [0.2, 0.25) is 0 Å². The molecule has 0 saturated heterocycles. The molecule has 0 aliphatic carbocycles. The lowest BCUT2D eigenvalue weighted by Crippen LogP contribution is -2.30. The molecule has 0 heterocycles. The maximum Gasteiger partial charge on any atom is -0.0337 e. The van der Waals surface area contributed by atoms with Crippen molar-refractivity contribution >= 4 is 0 Å². The van der Waals surface area contributed by atoms with Gasteiger partial charge in [-0.25, -0.2) is 0 Å². The molecular weight excluding hydrogens is 168 g/mol. The van der Waals surface area contributed by atoms with Crippen molar-refractivity contribution < 1.29 is 0 Å². The first kappa shape index (κ1) is 14.0. The summed E-state index contributed by atoms with van der Waals surface area (Å²) in [4.78, 5) is 0. The van der Waals surface area contributed by atoms with Crippen LogP contribution in [0, 0.1) is 23.2 Å². The van der Waals surface area contributed by atoms with Crippen molar-refractivity contribution in [3.05, 3.63) is 0 Å². The largest absolute Gasteiger partial charge is 0.0654 e. The Morgan fingerprint density at radius 2 is 1.50 bits per heavy atom. The van der Waals surface area contributed by atoms with E-state index in [4.69, 9.17) is 0 Å². The summed E-state index contributed by atoms with van der Waals surface area (Å²) in [6.07, 6.45) is 4.05. The highest BCUT2D eigenvalue weighted by Crippen LogP contribution is 2.40. The predicted molar refractivity (Wildman–Crippen MR) is 66.5 cm³/mol. The lowest BCUT2D eigenvalue weighted by atomic mass is 9.67. The zero-order chi connectivity index (χ0) is 11.4. The van der Waals surface area contributed by atoms with E-state index in [1.807, 2.05) is 0 Å². The summed E-state index contributed by atoms with van der Waals surface area (Å²) in [5.74, 6) is 2.62. The highest BCUT2D eigenvalue weighted by molar-refractivity contribution is 4.81. The fourth-order valence-electron chi connectivity index (χ4n) is 2.89. The maximum atomic E-state index is 2.40. The van der Waals surface area contributed by atoms with Gasteiger partial charge in [0.05, 0.1) is 0 Å². The molecule has 0 rings (SSSR count). The SMILES string of the molecule is CCCC(C(C)C)C(CC)C(C)(C)C. The predicted octanol–water partition coefficient (Wildman–Crippen LogP) is 5.13. The van der Waals surface area contributed by atoms with Crippen molar-refractivity contribution in [1.82, 2.24) is 0 Å². The fourth-order valence-corrected chi connectivity index (χ4v) is 2.89. The third-order valence-corrected chi connectivity index (χ3v) is 3.55. The van der Waals surface area contributed by atoms with Crippen LogP contribution in [0.4, 0.5) is 0 Å². The van der Waals surface area contributed by atoms with E-state index in [1.165, 1.54) is 19.3 Å². The summed E-state index contributed by atoms with van der Waals surface area (Å²) in [7, 11) is 0. The van der Waals surface area contributed by atoms with Crippen LogP contribution in [0.1, 0.15) is 67.7 Å². The average Bonchev–Trinajstić information content (AvgIpc) is 2.01. The van der Waals surface area contributed by atoms with Crippen LogP contribution in [-0.4, -0.2) is 0 Å². The van der Waals surface area contributed by atoms with Crippen molar-refractivity contribution in [2.75, 3.05) is 0 Å². The first-order chi connectivity index (χ1) is 6.34. The molecular formula is C14H30. The molecule has 0 spiro atoms. The zero-order valence-electron chi connectivity index (χ0n) is 11.4. The lowest BCUT2D eigenvalue weighted by molar-refractivity contribution is 0.109. The molecule has 0 fully saturated rings. The van der Waals surface area contributed by atoms with E-state index >= 15 is 0 Å². The minimum atomic E-state index is 0.471. The van der Waals surface area contributed by atoms with E-state index in [0.717, 1.165) is 17.8 Å². The molecule has 0 aromatic carbocycles. The van der Waals surface area contributed by atoms with Crippen molar-refractivity contribution in [2.24, 2.45) is 23.2 Å². The first-order valence-electron chi connectivity index (χ1n) is 6.34. The second-order valence-corrected chi connectivity index (χ2v) is 6.08. The van der Waals surface area contributed by atoms with Gasteiger partial charge in [-0.1, -0.05) is 67.7 Å². The summed E-state index contributed by atoms with van der Waals surface area (Å²) < 4.78 is 0. The number of rotatable bonds is 5. The van der Waals surface area contributed by atoms with E-state index in [0.29, 0.717) is 5.41 Å². The Morgan fingerprint density at radius 1 is 1.00 bits per heavy atom. The normalized spacial score (nSPS) is 17.1. The van der Waals surface area contributed by atoms with Crippen LogP contribution >= 0.6 is 0 Å². The number of hydrogen-bond donors (Lipinski definition) is 0. The summed E-state index contributed by atoms with van der Waals surface area (Å²) in [6.45, 7) is 16.6. The topological polar surface area (TPSA) is 0 Å². The quantitative estimate of drug-likeness (QED) is 0.574. The van der Waals surface area contributed by atoms with Gasteiger partial charge >= 0.3 is 0 Å². The van der Waals surface area contributed by atoms with Crippen molar-refractivity contribution in [3.63, 3.8) is 0 Å². The van der Waals surface area contributed by atoms with Gasteiger partial charge in [-0.3, -0.25) is 0 Å². The van der Waals surface area contributed by atoms with E-state index in [2.05, 4.69) is 48.5 Å². The Kier molecular flexibility index (Phi) is 5.78. The minimum Gasteiger partial charge on any atom is -0.0654 e. The van der Waals surface area contributed by atoms with Crippen LogP contribution < -0.4 is 0 Å². The Bertz CT molecular complexity index is 139. The maximum absolute atomic E-state index is 2.40. The summed E-state index contributed by atoms with van der Waals surface area (Å²) in [6, 6.07) is 0. The van der Waals surface area contributed by atoms with E-state index in [-0.39, 0.29) is 0 Å². The molecule has 0 N–H and O–H groups in total. The highest BCUT2D eigenvalue weighted by Gasteiger charge is 2.31. The smallest absolute Gasteiger partial charge is 0.0337 e. The van der Waals surface area contributed by atoms with Gasteiger partial charge in [0, 0.05) is 0 Å². The molecule has 0 amide bonds. The van der Waals surface area contributed by atoms with E-state index in [1.54, 1.807) is 0 Å². The third-order valence-electron chi connectivity index (χ3n) is 3.55. The molecule has 0 radical (unpaired) electrons. The molecule has 2 atom stereocenters. The van der Waals surface area contributed by atoms with Crippen LogP contribution in [0.2, 0.25) is 0 Å². The van der Waals surface area contributed by atoms with Crippen LogP contribution in [0.5, 0.6) is 0 Å². The molecule has 0 aromatic heterocycles. The Balaban J connectivity index is 4.58. The molecule has 2 unspecified atom stereocenters. The summed E-state index contributed by atoms with van der Waals surface area (Å²) >= 11 is 0. The van der Waals surface area contributed by atoms with Gasteiger partial charge in [-0.15, -0.1) is 0 Å². The van der Waals surface area contributed by atoms with E-state index in [9.17, 15) is 0 Å². The first-order valence-corrected chi connectivity index (χ1v) is 6.34. The third kappa shape index (κ3) is 4.02. The van der Waals surface area contributed by atoms with Gasteiger partial charge < -0.3 is 0 Å². The lowest BCUT2D eigenvalue weighted by Gasteiger charge is -2.39. The molecule has 14 heavy (non-hydrogen) atoms. The Morgan fingerprint density at radius 3 is 1.71 bits per heavy atom. The van der Waals surface area contributed by atoms with E-state index < -0.39 is 0 Å². The Hall–Kier alpha value is 0. The van der Waals surface area contributed by atoms with Gasteiger partial charge in [0.15, 0.2) is 0 Å². The molecule has 0 aromatic rings. The molecule has 0 aliphatic heterocycles. The second-order valence-electron chi connectivity index (χ2n) is 6.08. The second kappa shape index (κ2) is 5.78. The minimum absolute atomic E-state index is 0.471. The molecule has 0 heteroatoms. The molecule has 86 valence electrons. The van der Waals surface area contributed by atoms with Crippen LogP contribution in [-0.2, 0) is 0 Å². The Labute approximate surface area is 91.5 Å². The van der Waals surface area contributed by atoms with Crippen molar-refractivity contribution in [2.45, 2.75) is 67.7 Å². The van der Waals surface area contributed by atoms with Crippen molar-refractivity contribution in [3.8, 4) is 0 Å². The van der Waals surface area contributed by atoms with Crippen LogP contribution in [0.3, 0.4) is 0 Å². The summed E-state index contributed by atoms with van der Waals surface area (Å²) in [5.41, 5.74) is 0.471. The van der Waals surface area contributed by atoms with Crippen molar-refractivity contribution in [1.29, 1.82) is 0 Å². The van der Waals surface area contributed by atoms with Crippen LogP contribution in [0.15, 0.2) is 0 Å². The average molecular weight is 198 g/mol. The monoisotopic (exact) mass is 198 g/mol. The van der Waals surface area contributed by atoms with Crippen LogP contribution in [0.25, 0.3) is 0 Å². The molecule has 0 saturated carbocycles. The molecule has 0 aliphatic rings. The zero-order valence-corrected chi connectivity index (χ0v) is 11.4. The van der Waals surface area contributed by atoms with Gasteiger partial charge in [0.25, 0.3) is 0 Å².